The normalized spacial score (nSPS) is 10.2. The van der Waals surface area contributed by atoms with Gasteiger partial charge in [-0.05, 0) is 36.8 Å². The standard InChI is InChI=1S/C15H15ClFN3O/c1-2-7-18-11-4-6-14(19-9-11)15(21)20-13-5-3-10(16)8-12(13)17/h3-6,8-9,18H,2,7H2,1H3,(H,20,21). The average molecular weight is 308 g/mol. The van der Waals surface area contributed by atoms with Gasteiger partial charge in [0.05, 0.1) is 17.6 Å². The third-order valence-corrected chi connectivity index (χ3v) is 2.99. The summed E-state index contributed by atoms with van der Waals surface area (Å²) in [6.07, 6.45) is 2.57. The topological polar surface area (TPSA) is 54.0 Å². The summed E-state index contributed by atoms with van der Waals surface area (Å²) in [6, 6.07) is 7.40. The molecule has 0 fully saturated rings. The SMILES string of the molecule is CCCNc1ccc(C(=O)Nc2ccc(Cl)cc2F)nc1. The van der Waals surface area contributed by atoms with Crippen LogP contribution < -0.4 is 10.6 Å². The molecular weight excluding hydrogens is 293 g/mol. The largest absolute Gasteiger partial charge is 0.384 e. The number of nitrogens with one attached hydrogen (secondary N) is 2. The molecule has 2 N–H and O–H groups in total. The molecule has 2 aromatic rings. The second-order valence-electron chi connectivity index (χ2n) is 4.44. The lowest BCUT2D eigenvalue weighted by Crippen LogP contribution is -2.14. The van der Waals surface area contributed by atoms with Gasteiger partial charge in [-0.25, -0.2) is 9.37 Å². The van der Waals surface area contributed by atoms with Crippen LogP contribution in [0.15, 0.2) is 36.5 Å². The highest BCUT2D eigenvalue weighted by molar-refractivity contribution is 6.30. The molecule has 0 aliphatic carbocycles. The van der Waals surface area contributed by atoms with Crippen LogP contribution in [0.25, 0.3) is 0 Å². The van der Waals surface area contributed by atoms with Crippen LogP contribution in [0.4, 0.5) is 15.8 Å². The molecule has 110 valence electrons. The fourth-order valence-corrected chi connectivity index (χ4v) is 1.84. The van der Waals surface area contributed by atoms with Crippen LogP contribution >= 0.6 is 11.6 Å². The van der Waals surface area contributed by atoms with Crippen LogP contribution in [0.1, 0.15) is 23.8 Å². The summed E-state index contributed by atoms with van der Waals surface area (Å²) in [5, 5.41) is 5.89. The predicted molar refractivity (Wildman–Crippen MR) is 82.4 cm³/mol. The minimum atomic E-state index is -0.586. The van der Waals surface area contributed by atoms with Crippen molar-refractivity contribution >= 4 is 28.9 Å². The molecule has 0 aliphatic rings. The molecule has 1 heterocycles. The van der Waals surface area contributed by atoms with Crippen molar-refractivity contribution in [2.75, 3.05) is 17.2 Å². The number of halogens is 2. The Morgan fingerprint density at radius 3 is 2.76 bits per heavy atom. The first-order valence-electron chi connectivity index (χ1n) is 6.56. The van der Waals surface area contributed by atoms with Crippen molar-refractivity contribution in [2.24, 2.45) is 0 Å². The summed E-state index contributed by atoms with van der Waals surface area (Å²) in [5.74, 6) is -1.06. The van der Waals surface area contributed by atoms with Crippen LogP contribution in [0.5, 0.6) is 0 Å². The van der Waals surface area contributed by atoms with Crippen LogP contribution in [0.3, 0.4) is 0 Å². The Bertz CT molecular complexity index is 631. The zero-order valence-corrected chi connectivity index (χ0v) is 12.2. The van der Waals surface area contributed by atoms with Gasteiger partial charge in [-0.1, -0.05) is 18.5 Å². The van der Waals surface area contributed by atoms with E-state index in [1.807, 2.05) is 0 Å². The minimum absolute atomic E-state index is 0.0689. The molecule has 21 heavy (non-hydrogen) atoms. The Hall–Kier alpha value is -2.14. The second kappa shape index (κ2) is 7.04. The maximum absolute atomic E-state index is 13.6. The molecule has 0 unspecified atom stereocenters. The van der Waals surface area contributed by atoms with Gasteiger partial charge in [0.2, 0.25) is 0 Å². The lowest BCUT2D eigenvalue weighted by Gasteiger charge is -2.07. The summed E-state index contributed by atoms with van der Waals surface area (Å²) in [6.45, 7) is 2.89. The van der Waals surface area contributed by atoms with Crippen molar-refractivity contribution in [1.29, 1.82) is 0 Å². The van der Waals surface area contributed by atoms with Crippen LogP contribution in [0, 0.1) is 5.82 Å². The maximum atomic E-state index is 13.6. The molecule has 0 atom stereocenters. The van der Waals surface area contributed by atoms with Gasteiger partial charge in [0.1, 0.15) is 11.5 Å². The number of anilines is 2. The highest BCUT2D eigenvalue weighted by Crippen LogP contribution is 2.19. The molecule has 0 aliphatic heterocycles. The Morgan fingerprint density at radius 2 is 2.14 bits per heavy atom. The number of carbonyl (C=O) groups is 1. The number of nitrogens with zero attached hydrogens (tertiary/aromatic N) is 1. The van der Waals surface area contributed by atoms with Gasteiger partial charge in [-0.15, -0.1) is 0 Å². The third-order valence-electron chi connectivity index (χ3n) is 2.75. The third kappa shape index (κ3) is 4.16. The van der Waals surface area contributed by atoms with E-state index in [0.717, 1.165) is 24.7 Å². The van der Waals surface area contributed by atoms with E-state index in [1.54, 1.807) is 18.3 Å². The molecule has 2 rings (SSSR count). The van der Waals surface area contributed by atoms with Crippen LogP contribution in [-0.2, 0) is 0 Å². The van der Waals surface area contributed by atoms with E-state index >= 15 is 0 Å². The molecule has 0 saturated carbocycles. The van der Waals surface area contributed by atoms with Crippen molar-refractivity contribution in [3.8, 4) is 0 Å². The van der Waals surface area contributed by atoms with E-state index in [1.165, 1.54) is 12.1 Å². The molecular formula is C15H15ClFN3O. The lowest BCUT2D eigenvalue weighted by atomic mass is 10.2. The fraction of sp³-hybridized carbons (Fsp3) is 0.200. The predicted octanol–water partition coefficient (Wildman–Crippen LogP) is 3.95. The number of amides is 1. The first-order valence-corrected chi connectivity index (χ1v) is 6.94. The Kier molecular flexibility index (Phi) is 5.11. The molecule has 0 bridgehead atoms. The van der Waals surface area contributed by atoms with E-state index in [0.29, 0.717) is 0 Å². The van der Waals surface area contributed by atoms with Gasteiger partial charge in [0.15, 0.2) is 0 Å². The van der Waals surface area contributed by atoms with Gasteiger partial charge >= 0.3 is 0 Å². The number of pyridine rings is 1. The second-order valence-corrected chi connectivity index (χ2v) is 4.87. The van der Waals surface area contributed by atoms with E-state index < -0.39 is 11.7 Å². The van der Waals surface area contributed by atoms with E-state index in [-0.39, 0.29) is 16.4 Å². The fourth-order valence-electron chi connectivity index (χ4n) is 1.68. The smallest absolute Gasteiger partial charge is 0.274 e. The van der Waals surface area contributed by atoms with Crippen molar-refractivity contribution < 1.29 is 9.18 Å². The van der Waals surface area contributed by atoms with Crippen molar-refractivity contribution in [3.05, 3.63) is 53.1 Å². The molecule has 0 radical (unpaired) electrons. The van der Waals surface area contributed by atoms with Crippen molar-refractivity contribution in [2.45, 2.75) is 13.3 Å². The quantitative estimate of drug-likeness (QED) is 0.879. The number of aromatic nitrogens is 1. The van der Waals surface area contributed by atoms with Gasteiger partial charge < -0.3 is 10.6 Å². The summed E-state index contributed by atoms with van der Waals surface area (Å²) in [4.78, 5) is 16.0. The lowest BCUT2D eigenvalue weighted by molar-refractivity contribution is 0.102. The Balaban J connectivity index is 2.06. The molecule has 1 aromatic carbocycles. The molecule has 1 aromatic heterocycles. The number of carbonyl (C=O) groups excluding carboxylic acids is 1. The number of hydrogen-bond donors (Lipinski definition) is 2. The molecule has 6 heteroatoms. The zero-order chi connectivity index (χ0) is 15.2. The van der Waals surface area contributed by atoms with Gasteiger partial charge in [0.25, 0.3) is 5.91 Å². The van der Waals surface area contributed by atoms with Crippen LogP contribution in [-0.4, -0.2) is 17.4 Å². The van der Waals surface area contributed by atoms with E-state index in [4.69, 9.17) is 11.6 Å². The van der Waals surface area contributed by atoms with Crippen LogP contribution in [0.2, 0.25) is 5.02 Å². The van der Waals surface area contributed by atoms with Crippen molar-refractivity contribution in [1.82, 2.24) is 4.98 Å². The summed E-state index contributed by atoms with van der Waals surface area (Å²) < 4.78 is 13.6. The highest BCUT2D eigenvalue weighted by Gasteiger charge is 2.10. The average Bonchev–Trinajstić information content (AvgIpc) is 2.48. The van der Waals surface area contributed by atoms with E-state index in [9.17, 15) is 9.18 Å². The number of hydrogen-bond acceptors (Lipinski definition) is 3. The maximum Gasteiger partial charge on any atom is 0.274 e. The Labute approximate surface area is 127 Å². The number of benzene rings is 1. The van der Waals surface area contributed by atoms with Gasteiger partial charge in [-0.2, -0.15) is 0 Å². The molecule has 0 spiro atoms. The highest BCUT2D eigenvalue weighted by atomic mass is 35.5. The van der Waals surface area contributed by atoms with E-state index in [2.05, 4.69) is 22.5 Å². The number of rotatable bonds is 5. The summed E-state index contributed by atoms with van der Waals surface area (Å²) in [5.41, 5.74) is 1.12. The molecule has 1 amide bonds. The summed E-state index contributed by atoms with van der Waals surface area (Å²) >= 11 is 5.66. The molecule has 4 nitrogen and oxygen atoms in total. The minimum Gasteiger partial charge on any atom is -0.384 e. The monoisotopic (exact) mass is 307 g/mol. The summed E-state index contributed by atoms with van der Waals surface area (Å²) in [7, 11) is 0. The molecule has 0 saturated heterocycles. The first kappa shape index (κ1) is 15.3. The Morgan fingerprint density at radius 1 is 1.33 bits per heavy atom. The zero-order valence-electron chi connectivity index (χ0n) is 11.5. The van der Waals surface area contributed by atoms with Crippen molar-refractivity contribution in [3.63, 3.8) is 0 Å². The first-order chi connectivity index (χ1) is 10.1. The van der Waals surface area contributed by atoms with Gasteiger partial charge in [0, 0.05) is 11.6 Å². The van der Waals surface area contributed by atoms with Gasteiger partial charge in [-0.3, -0.25) is 4.79 Å².